The lowest BCUT2D eigenvalue weighted by atomic mass is 10.1. The predicted octanol–water partition coefficient (Wildman–Crippen LogP) is 4.35. The molecule has 2 rings (SSSR count). The molecule has 2 aromatic rings. The van der Waals surface area contributed by atoms with Gasteiger partial charge in [-0.3, -0.25) is 0 Å². The number of thiazole rings is 1. The van der Waals surface area contributed by atoms with Crippen LogP contribution in [0, 0.1) is 6.92 Å². The molecule has 0 aliphatic carbocycles. The van der Waals surface area contributed by atoms with Gasteiger partial charge < -0.3 is 4.74 Å². The quantitative estimate of drug-likeness (QED) is 0.760. The second-order valence-electron chi connectivity index (χ2n) is 4.12. The van der Waals surface area contributed by atoms with Gasteiger partial charge in [0.1, 0.15) is 0 Å². The van der Waals surface area contributed by atoms with Crippen LogP contribution in [0.2, 0.25) is 5.02 Å². The van der Waals surface area contributed by atoms with Crippen LogP contribution in [0.3, 0.4) is 0 Å². The number of aryl methyl sites for hydroxylation is 2. The summed E-state index contributed by atoms with van der Waals surface area (Å²) in [6.45, 7) is 2.90. The Kier molecular flexibility index (Phi) is 4.75. The van der Waals surface area contributed by atoms with Crippen LogP contribution in [0.1, 0.15) is 16.3 Å². The van der Waals surface area contributed by atoms with Gasteiger partial charge in [0.05, 0.1) is 10.7 Å². The van der Waals surface area contributed by atoms with Gasteiger partial charge in [0, 0.05) is 35.6 Å². The molecular formula is C14H16ClNOS. The summed E-state index contributed by atoms with van der Waals surface area (Å²) in [7, 11) is 1.73. The summed E-state index contributed by atoms with van der Waals surface area (Å²) in [5.74, 6) is 0. The molecule has 2 nitrogen and oxygen atoms in total. The van der Waals surface area contributed by atoms with Crippen LogP contribution in [-0.4, -0.2) is 18.7 Å². The molecule has 0 aliphatic heterocycles. The first-order valence-corrected chi connectivity index (χ1v) is 7.11. The van der Waals surface area contributed by atoms with Crippen molar-refractivity contribution in [1.82, 2.24) is 4.98 Å². The molecule has 1 aromatic carbocycles. The number of rotatable bonds is 5. The van der Waals surface area contributed by atoms with E-state index in [1.54, 1.807) is 18.4 Å². The predicted molar refractivity (Wildman–Crippen MR) is 77.5 cm³/mol. The molecule has 0 N–H and O–H groups in total. The normalized spacial score (nSPS) is 10.8. The molecule has 96 valence electrons. The van der Waals surface area contributed by atoms with Gasteiger partial charge in [0.2, 0.25) is 0 Å². The zero-order valence-corrected chi connectivity index (χ0v) is 12.1. The topological polar surface area (TPSA) is 22.1 Å². The number of halogens is 1. The highest BCUT2D eigenvalue weighted by Crippen LogP contribution is 2.28. The lowest BCUT2D eigenvalue weighted by Gasteiger charge is -1.98. The van der Waals surface area contributed by atoms with Crippen molar-refractivity contribution in [3.05, 3.63) is 39.2 Å². The summed E-state index contributed by atoms with van der Waals surface area (Å²) in [4.78, 5) is 5.96. The van der Waals surface area contributed by atoms with E-state index < -0.39 is 0 Å². The highest BCUT2D eigenvalue weighted by atomic mass is 35.5. The summed E-state index contributed by atoms with van der Waals surface area (Å²) in [5, 5.41) is 1.93. The Balaban J connectivity index is 2.16. The summed E-state index contributed by atoms with van der Waals surface area (Å²) in [6, 6.07) is 7.84. The number of aromatic nitrogens is 1. The van der Waals surface area contributed by atoms with Crippen molar-refractivity contribution >= 4 is 22.9 Å². The van der Waals surface area contributed by atoms with E-state index in [-0.39, 0.29) is 0 Å². The van der Waals surface area contributed by atoms with Gasteiger partial charge in [0.15, 0.2) is 0 Å². The van der Waals surface area contributed by atoms with Crippen LogP contribution in [-0.2, 0) is 11.2 Å². The number of methoxy groups -OCH3 is 1. The lowest BCUT2D eigenvalue weighted by Crippen LogP contribution is -1.92. The Labute approximate surface area is 117 Å². The molecule has 0 bridgehead atoms. The fraction of sp³-hybridized carbons (Fsp3) is 0.357. The van der Waals surface area contributed by atoms with Crippen LogP contribution in [0.4, 0.5) is 0 Å². The maximum atomic E-state index is 5.90. The van der Waals surface area contributed by atoms with E-state index in [1.165, 1.54) is 9.88 Å². The summed E-state index contributed by atoms with van der Waals surface area (Å²) < 4.78 is 5.06. The minimum Gasteiger partial charge on any atom is -0.385 e. The lowest BCUT2D eigenvalue weighted by molar-refractivity contribution is 0.195. The second kappa shape index (κ2) is 6.32. The Bertz CT molecular complexity index is 507. The van der Waals surface area contributed by atoms with Crippen molar-refractivity contribution < 1.29 is 4.74 Å². The van der Waals surface area contributed by atoms with Crippen LogP contribution in [0.25, 0.3) is 11.3 Å². The van der Waals surface area contributed by atoms with Crippen molar-refractivity contribution in [2.24, 2.45) is 0 Å². The van der Waals surface area contributed by atoms with Crippen molar-refractivity contribution in [1.29, 1.82) is 0 Å². The smallest absolute Gasteiger partial charge is 0.0936 e. The fourth-order valence-corrected chi connectivity index (χ4v) is 2.92. The van der Waals surface area contributed by atoms with Gasteiger partial charge in [0.25, 0.3) is 0 Å². The van der Waals surface area contributed by atoms with Crippen molar-refractivity contribution in [3.63, 3.8) is 0 Å². The third-order valence-corrected chi connectivity index (χ3v) is 3.98. The Hall–Kier alpha value is -0.900. The van der Waals surface area contributed by atoms with Crippen molar-refractivity contribution in [2.45, 2.75) is 19.8 Å². The van der Waals surface area contributed by atoms with E-state index >= 15 is 0 Å². The standard InChI is InChI=1S/C14H16ClNOS/c1-10-14(11-5-7-12(15)8-6-11)16-13(18-10)4-3-9-17-2/h5-8H,3-4,9H2,1-2H3. The molecule has 18 heavy (non-hydrogen) atoms. The van der Waals surface area contributed by atoms with E-state index in [4.69, 9.17) is 21.3 Å². The molecule has 0 saturated carbocycles. The second-order valence-corrected chi connectivity index (χ2v) is 5.84. The van der Waals surface area contributed by atoms with E-state index in [1.807, 2.05) is 24.3 Å². The zero-order chi connectivity index (χ0) is 13.0. The largest absolute Gasteiger partial charge is 0.385 e. The molecule has 1 aromatic heterocycles. The Morgan fingerprint density at radius 2 is 2.00 bits per heavy atom. The third-order valence-electron chi connectivity index (χ3n) is 2.70. The molecule has 0 unspecified atom stereocenters. The van der Waals surface area contributed by atoms with E-state index in [0.717, 1.165) is 35.7 Å². The molecule has 0 amide bonds. The van der Waals surface area contributed by atoms with E-state index in [2.05, 4.69) is 6.92 Å². The summed E-state index contributed by atoms with van der Waals surface area (Å²) >= 11 is 7.66. The van der Waals surface area contributed by atoms with Gasteiger partial charge in [-0.05, 0) is 25.5 Å². The van der Waals surface area contributed by atoms with Crippen LogP contribution in [0.15, 0.2) is 24.3 Å². The highest BCUT2D eigenvalue weighted by Gasteiger charge is 2.09. The fourth-order valence-electron chi connectivity index (χ4n) is 1.80. The van der Waals surface area contributed by atoms with Gasteiger partial charge in [-0.25, -0.2) is 4.98 Å². The number of ether oxygens (including phenoxy) is 1. The van der Waals surface area contributed by atoms with Crippen molar-refractivity contribution in [3.8, 4) is 11.3 Å². The van der Waals surface area contributed by atoms with Gasteiger partial charge >= 0.3 is 0 Å². The zero-order valence-electron chi connectivity index (χ0n) is 10.6. The first-order chi connectivity index (χ1) is 8.70. The highest BCUT2D eigenvalue weighted by molar-refractivity contribution is 7.12. The molecule has 0 aliphatic rings. The van der Waals surface area contributed by atoms with Gasteiger partial charge in [-0.1, -0.05) is 23.7 Å². The van der Waals surface area contributed by atoms with Crippen molar-refractivity contribution in [2.75, 3.05) is 13.7 Å². The first kappa shape index (κ1) is 13.5. The maximum Gasteiger partial charge on any atom is 0.0936 e. The number of hydrogen-bond donors (Lipinski definition) is 0. The van der Waals surface area contributed by atoms with Crippen LogP contribution in [0.5, 0.6) is 0 Å². The van der Waals surface area contributed by atoms with Crippen LogP contribution >= 0.6 is 22.9 Å². The minimum absolute atomic E-state index is 0.756. The maximum absolute atomic E-state index is 5.90. The molecule has 0 saturated heterocycles. The summed E-state index contributed by atoms with van der Waals surface area (Å²) in [5.41, 5.74) is 2.20. The molecule has 0 fully saturated rings. The Morgan fingerprint density at radius 1 is 1.28 bits per heavy atom. The molecule has 4 heteroatoms. The first-order valence-electron chi connectivity index (χ1n) is 5.92. The molecular weight excluding hydrogens is 266 g/mol. The number of nitrogens with zero attached hydrogens (tertiary/aromatic N) is 1. The van der Waals surface area contributed by atoms with E-state index in [0.29, 0.717) is 0 Å². The molecule has 0 spiro atoms. The Morgan fingerprint density at radius 3 is 2.67 bits per heavy atom. The van der Waals surface area contributed by atoms with Crippen LogP contribution < -0.4 is 0 Å². The average Bonchev–Trinajstić information content (AvgIpc) is 2.72. The molecule has 0 radical (unpaired) electrons. The van der Waals surface area contributed by atoms with Gasteiger partial charge in [-0.15, -0.1) is 11.3 Å². The summed E-state index contributed by atoms with van der Waals surface area (Å²) in [6.07, 6.45) is 2.00. The molecule has 0 atom stereocenters. The number of hydrogen-bond acceptors (Lipinski definition) is 3. The van der Waals surface area contributed by atoms with E-state index in [9.17, 15) is 0 Å². The monoisotopic (exact) mass is 281 g/mol. The number of benzene rings is 1. The van der Waals surface area contributed by atoms with Gasteiger partial charge in [-0.2, -0.15) is 0 Å². The molecule has 1 heterocycles. The minimum atomic E-state index is 0.756. The third kappa shape index (κ3) is 3.31. The SMILES string of the molecule is COCCCc1nc(-c2ccc(Cl)cc2)c(C)s1. The average molecular weight is 282 g/mol.